The highest BCUT2D eigenvalue weighted by Gasteiger charge is 2.28. The molecule has 0 aliphatic carbocycles. The lowest BCUT2D eigenvalue weighted by Crippen LogP contribution is -2.48. The molecule has 0 spiro atoms. The first kappa shape index (κ1) is 13.9. The summed E-state index contributed by atoms with van der Waals surface area (Å²) in [5.74, 6) is -0.214. The minimum absolute atomic E-state index is 0.214. The zero-order valence-corrected chi connectivity index (χ0v) is 10.0. The van der Waals surface area contributed by atoms with Crippen LogP contribution < -0.4 is 4.72 Å². The fraction of sp³-hybridized carbons (Fsp3) is 1.00. The fourth-order valence-corrected chi connectivity index (χ4v) is 2.90. The highest BCUT2D eigenvalue weighted by atomic mass is 32.2. The lowest BCUT2D eigenvalue weighted by molar-refractivity contribution is 0.312. The van der Waals surface area contributed by atoms with E-state index in [2.05, 4.69) is 4.72 Å². The molecule has 0 fully saturated rings. The van der Waals surface area contributed by atoms with Crippen molar-refractivity contribution in [1.82, 2.24) is 4.72 Å². The van der Waals surface area contributed by atoms with Crippen molar-refractivity contribution < 1.29 is 13.5 Å². The fourth-order valence-electron chi connectivity index (χ4n) is 1.47. The molecule has 0 atom stereocenters. The van der Waals surface area contributed by atoms with Crippen LogP contribution in [-0.4, -0.2) is 31.4 Å². The number of aliphatic hydroxyl groups is 1. The number of aliphatic hydroxyl groups excluding tert-OH is 1. The summed E-state index contributed by atoms with van der Waals surface area (Å²) in [6.07, 6.45) is 2.31. The van der Waals surface area contributed by atoms with Crippen molar-refractivity contribution in [3.63, 3.8) is 0 Å². The molecule has 4 nitrogen and oxygen atoms in total. The second-order valence-corrected chi connectivity index (χ2v) is 5.33. The average molecular weight is 223 g/mol. The van der Waals surface area contributed by atoms with E-state index in [1.807, 2.05) is 20.8 Å². The first-order chi connectivity index (χ1) is 6.45. The molecular weight excluding hydrogens is 202 g/mol. The van der Waals surface area contributed by atoms with Crippen LogP contribution in [0.4, 0.5) is 0 Å². The maximum Gasteiger partial charge on any atom is 0.214 e. The molecule has 0 rings (SSSR count). The van der Waals surface area contributed by atoms with Crippen LogP contribution in [0.3, 0.4) is 0 Å². The number of nitrogens with one attached hydrogen (secondary N) is 1. The zero-order chi connectivity index (χ0) is 11.2. The summed E-state index contributed by atoms with van der Waals surface area (Å²) in [7, 11) is -3.33. The first-order valence-electron chi connectivity index (χ1n) is 5.07. The summed E-state index contributed by atoms with van der Waals surface area (Å²) in [5, 5.41) is 8.60. The minimum atomic E-state index is -3.33. The lowest BCUT2D eigenvalue weighted by atomic mass is 9.91. The van der Waals surface area contributed by atoms with E-state index in [0.29, 0.717) is 0 Å². The monoisotopic (exact) mass is 223 g/mol. The van der Waals surface area contributed by atoms with Crippen molar-refractivity contribution in [2.24, 2.45) is 0 Å². The molecule has 0 amide bonds. The highest BCUT2D eigenvalue weighted by molar-refractivity contribution is 7.89. The van der Waals surface area contributed by atoms with Gasteiger partial charge >= 0.3 is 0 Å². The third kappa shape index (κ3) is 3.94. The third-order valence-electron chi connectivity index (χ3n) is 2.76. The second kappa shape index (κ2) is 5.68. The Morgan fingerprint density at radius 1 is 1.14 bits per heavy atom. The third-order valence-corrected chi connectivity index (χ3v) is 4.23. The van der Waals surface area contributed by atoms with Crippen LogP contribution in [0.25, 0.3) is 0 Å². The molecule has 0 aromatic heterocycles. The van der Waals surface area contributed by atoms with Gasteiger partial charge in [-0.05, 0) is 19.3 Å². The van der Waals surface area contributed by atoms with Crippen molar-refractivity contribution in [1.29, 1.82) is 0 Å². The average Bonchev–Trinajstić information content (AvgIpc) is 2.14. The van der Waals surface area contributed by atoms with E-state index in [0.717, 1.165) is 19.3 Å². The van der Waals surface area contributed by atoms with Crippen LogP contribution in [0.5, 0.6) is 0 Å². The summed E-state index contributed by atoms with van der Waals surface area (Å²) < 4.78 is 25.6. The van der Waals surface area contributed by atoms with Gasteiger partial charge in [-0.2, -0.15) is 0 Å². The topological polar surface area (TPSA) is 66.4 Å². The minimum Gasteiger partial charge on any atom is -0.395 e. The summed E-state index contributed by atoms with van der Waals surface area (Å²) in [6.45, 7) is 5.57. The lowest BCUT2D eigenvalue weighted by Gasteiger charge is -2.31. The van der Waals surface area contributed by atoms with Crippen LogP contribution >= 0.6 is 0 Å². The van der Waals surface area contributed by atoms with Crippen LogP contribution in [-0.2, 0) is 10.0 Å². The zero-order valence-electron chi connectivity index (χ0n) is 9.21. The molecule has 0 aromatic rings. The molecule has 2 N–H and O–H groups in total. The van der Waals surface area contributed by atoms with Gasteiger partial charge < -0.3 is 5.11 Å². The Bertz CT molecular complexity index is 237. The number of hydrogen-bond donors (Lipinski definition) is 2. The van der Waals surface area contributed by atoms with Gasteiger partial charge in [0.1, 0.15) is 0 Å². The molecule has 0 aromatic carbocycles. The van der Waals surface area contributed by atoms with Crippen LogP contribution in [0, 0.1) is 0 Å². The van der Waals surface area contributed by atoms with Gasteiger partial charge in [0.05, 0.1) is 12.4 Å². The van der Waals surface area contributed by atoms with E-state index in [1.54, 1.807) is 0 Å². The molecule has 0 aliphatic rings. The van der Waals surface area contributed by atoms with E-state index in [-0.39, 0.29) is 17.9 Å². The second-order valence-electron chi connectivity index (χ2n) is 3.49. The van der Waals surface area contributed by atoms with Gasteiger partial charge in [-0.1, -0.05) is 20.8 Å². The van der Waals surface area contributed by atoms with Crippen molar-refractivity contribution in [2.75, 3.05) is 12.4 Å². The standard InChI is InChI=1S/C9H21NO3S/c1-4-9(5-2,6-3)10-14(12,13)8-7-11/h10-11H,4-8H2,1-3H3. The molecule has 0 unspecified atom stereocenters. The predicted octanol–water partition coefficient (Wildman–Crippen LogP) is 0.867. The quantitative estimate of drug-likeness (QED) is 0.673. The van der Waals surface area contributed by atoms with Gasteiger partial charge in [-0.25, -0.2) is 13.1 Å². The van der Waals surface area contributed by atoms with E-state index in [9.17, 15) is 8.42 Å². The van der Waals surface area contributed by atoms with Gasteiger partial charge in [-0.15, -0.1) is 0 Å². The molecule has 0 heterocycles. The molecule has 0 saturated carbocycles. The van der Waals surface area contributed by atoms with Crippen molar-refractivity contribution in [2.45, 2.75) is 45.6 Å². The van der Waals surface area contributed by atoms with E-state index in [1.165, 1.54) is 0 Å². The van der Waals surface area contributed by atoms with E-state index in [4.69, 9.17) is 5.11 Å². The van der Waals surface area contributed by atoms with Crippen LogP contribution in [0.1, 0.15) is 40.0 Å². The SMILES string of the molecule is CCC(CC)(CC)NS(=O)(=O)CCO. The highest BCUT2D eigenvalue weighted by Crippen LogP contribution is 2.20. The molecule has 0 aliphatic heterocycles. The first-order valence-corrected chi connectivity index (χ1v) is 6.73. The van der Waals surface area contributed by atoms with Crippen LogP contribution in [0.2, 0.25) is 0 Å². The summed E-state index contributed by atoms with van der Waals surface area (Å²) in [6, 6.07) is 0. The molecule has 0 bridgehead atoms. The van der Waals surface area contributed by atoms with E-state index >= 15 is 0 Å². The van der Waals surface area contributed by atoms with Crippen molar-refractivity contribution in [3.8, 4) is 0 Å². The molecule has 86 valence electrons. The van der Waals surface area contributed by atoms with Crippen molar-refractivity contribution in [3.05, 3.63) is 0 Å². The molecule has 14 heavy (non-hydrogen) atoms. The summed E-state index contributed by atoms with van der Waals surface area (Å²) >= 11 is 0. The largest absolute Gasteiger partial charge is 0.395 e. The molecule has 0 radical (unpaired) electrons. The summed E-state index contributed by atoms with van der Waals surface area (Å²) in [5.41, 5.74) is -0.339. The maximum atomic E-state index is 11.5. The molecule has 0 saturated heterocycles. The van der Waals surface area contributed by atoms with Gasteiger partial charge in [0, 0.05) is 5.54 Å². The Morgan fingerprint density at radius 3 is 1.86 bits per heavy atom. The van der Waals surface area contributed by atoms with Crippen molar-refractivity contribution >= 4 is 10.0 Å². The Morgan fingerprint density at radius 2 is 1.57 bits per heavy atom. The normalized spacial score (nSPS) is 13.1. The van der Waals surface area contributed by atoms with Gasteiger partial charge in [0.15, 0.2) is 0 Å². The Labute approximate surface area is 86.8 Å². The van der Waals surface area contributed by atoms with Gasteiger partial charge in [0.25, 0.3) is 0 Å². The number of rotatable bonds is 7. The Kier molecular flexibility index (Phi) is 5.63. The Balaban J connectivity index is 4.59. The predicted molar refractivity (Wildman–Crippen MR) is 57.6 cm³/mol. The van der Waals surface area contributed by atoms with Crippen LogP contribution in [0.15, 0.2) is 0 Å². The summed E-state index contributed by atoms with van der Waals surface area (Å²) in [4.78, 5) is 0. The van der Waals surface area contributed by atoms with E-state index < -0.39 is 10.0 Å². The van der Waals surface area contributed by atoms with Gasteiger partial charge in [-0.3, -0.25) is 0 Å². The molecular formula is C9H21NO3S. The smallest absolute Gasteiger partial charge is 0.214 e. The molecule has 5 heteroatoms. The maximum absolute atomic E-state index is 11.5. The number of sulfonamides is 1. The Hall–Kier alpha value is -0.130. The van der Waals surface area contributed by atoms with Gasteiger partial charge in [0.2, 0.25) is 10.0 Å². The number of hydrogen-bond acceptors (Lipinski definition) is 3.